The van der Waals surface area contributed by atoms with E-state index in [1.54, 1.807) is 24.3 Å². The van der Waals surface area contributed by atoms with Gasteiger partial charge in [0.05, 0.1) is 6.54 Å². The van der Waals surface area contributed by atoms with Crippen molar-refractivity contribution in [1.29, 1.82) is 0 Å². The third-order valence-corrected chi connectivity index (χ3v) is 2.82. The first-order valence-electron chi connectivity index (χ1n) is 5.07. The van der Waals surface area contributed by atoms with E-state index >= 15 is 0 Å². The fourth-order valence-corrected chi connectivity index (χ4v) is 1.81. The van der Waals surface area contributed by atoms with Gasteiger partial charge in [0.15, 0.2) is 8.30 Å². The van der Waals surface area contributed by atoms with Gasteiger partial charge in [0, 0.05) is 11.7 Å². The highest BCUT2D eigenvalue weighted by Crippen LogP contribution is 2.30. The van der Waals surface area contributed by atoms with Crippen LogP contribution in [0.1, 0.15) is 13.8 Å². The predicted molar refractivity (Wildman–Crippen MR) is 70.3 cm³/mol. The summed E-state index contributed by atoms with van der Waals surface area (Å²) in [6, 6.07) is 7.12. The standard InChI is InChI=1S/C9H11ClNO2P.C2H6/c1-14(11-6-7-12)13-9-4-2-8(10)3-5-9;1-2/h2-5,7,11H,6H2,1H3;1-2H3. The van der Waals surface area contributed by atoms with Crippen molar-refractivity contribution in [2.24, 2.45) is 0 Å². The second kappa shape index (κ2) is 9.59. The molecule has 0 fully saturated rings. The molecule has 16 heavy (non-hydrogen) atoms. The van der Waals surface area contributed by atoms with Gasteiger partial charge < -0.3 is 9.32 Å². The zero-order chi connectivity index (χ0) is 12.4. The monoisotopic (exact) mass is 261 g/mol. The average Bonchev–Trinajstić information content (AvgIpc) is 2.32. The number of nitrogens with one attached hydrogen (secondary N) is 1. The van der Waals surface area contributed by atoms with Crippen LogP contribution < -0.4 is 9.61 Å². The first kappa shape index (κ1) is 15.4. The molecule has 1 aromatic carbocycles. The van der Waals surface area contributed by atoms with Crippen LogP contribution in [0.4, 0.5) is 0 Å². The highest BCUT2D eigenvalue weighted by atomic mass is 35.5. The molecule has 1 rings (SSSR count). The second-order valence-corrected chi connectivity index (χ2v) is 4.50. The molecule has 0 saturated heterocycles. The Morgan fingerprint density at radius 1 is 1.38 bits per heavy atom. The molecule has 1 atom stereocenters. The van der Waals surface area contributed by atoms with Crippen molar-refractivity contribution in [2.75, 3.05) is 13.2 Å². The van der Waals surface area contributed by atoms with E-state index in [2.05, 4.69) is 5.09 Å². The molecular weight excluding hydrogens is 245 g/mol. The first-order chi connectivity index (χ1) is 7.72. The lowest BCUT2D eigenvalue weighted by Gasteiger charge is -2.13. The Bertz CT molecular complexity index is 293. The molecule has 0 heterocycles. The fourth-order valence-electron chi connectivity index (χ4n) is 0.852. The summed E-state index contributed by atoms with van der Waals surface area (Å²) < 4.78 is 5.51. The summed E-state index contributed by atoms with van der Waals surface area (Å²) in [5.41, 5.74) is 0. The van der Waals surface area contributed by atoms with Crippen LogP contribution >= 0.6 is 19.9 Å². The van der Waals surface area contributed by atoms with Crippen molar-refractivity contribution in [3.8, 4) is 5.75 Å². The zero-order valence-electron chi connectivity index (χ0n) is 9.74. The Morgan fingerprint density at radius 3 is 2.44 bits per heavy atom. The molecule has 0 spiro atoms. The van der Waals surface area contributed by atoms with Crippen LogP contribution in [0.25, 0.3) is 0 Å². The van der Waals surface area contributed by atoms with Crippen LogP contribution in [0.3, 0.4) is 0 Å². The first-order valence-corrected chi connectivity index (χ1v) is 7.15. The van der Waals surface area contributed by atoms with E-state index in [-0.39, 0.29) is 0 Å². The number of halogens is 1. The molecular formula is C11H17ClNO2P. The van der Waals surface area contributed by atoms with E-state index in [0.717, 1.165) is 12.0 Å². The van der Waals surface area contributed by atoms with Crippen LogP contribution in [0.2, 0.25) is 5.02 Å². The maximum Gasteiger partial charge on any atom is 0.158 e. The number of rotatable bonds is 5. The minimum Gasteiger partial charge on any atom is -0.459 e. The fraction of sp³-hybridized carbons (Fsp3) is 0.364. The molecule has 1 N–H and O–H groups in total. The molecule has 1 aromatic rings. The number of hydrogen-bond acceptors (Lipinski definition) is 3. The van der Waals surface area contributed by atoms with Gasteiger partial charge >= 0.3 is 0 Å². The Balaban J connectivity index is 0.00000106. The number of aldehydes is 1. The number of hydrogen-bond donors (Lipinski definition) is 1. The average molecular weight is 262 g/mol. The highest BCUT2D eigenvalue weighted by Gasteiger charge is 2.02. The summed E-state index contributed by atoms with van der Waals surface area (Å²) in [5, 5.41) is 3.62. The van der Waals surface area contributed by atoms with E-state index in [0.29, 0.717) is 11.6 Å². The minimum absolute atomic E-state index is 0.315. The second-order valence-electron chi connectivity index (χ2n) is 2.57. The molecule has 1 unspecified atom stereocenters. The van der Waals surface area contributed by atoms with E-state index in [1.807, 2.05) is 20.5 Å². The Kier molecular flexibility index (Phi) is 9.21. The highest BCUT2D eigenvalue weighted by molar-refractivity contribution is 7.49. The lowest BCUT2D eigenvalue weighted by molar-refractivity contribution is -0.106. The molecule has 90 valence electrons. The lowest BCUT2D eigenvalue weighted by atomic mass is 10.3. The predicted octanol–water partition coefficient (Wildman–Crippen LogP) is 3.48. The number of benzene rings is 1. The molecule has 0 aliphatic carbocycles. The van der Waals surface area contributed by atoms with Gasteiger partial charge in [-0.1, -0.05) is 25.4 Å². The SMILES string of the molecule is CC.CP(NCC=O)Oc1ccc(Cl)cc1. The van der Waals surface area contributed by atoms with Gasteiger partial charge in [-0.05, 0) is 24.3 Å². The topological polar surface area (TPSA) is 38.3 Å². The minimum atomic E-state index is -0.797. The van der Waals surface area contributed by atoms with E-state index in [4.69, 9.17) is 16.1 Å². The molecule has 0 aliphatic rings. The van der Waals surface area contributed by atoms with Gasteiger partial charge in [0.2, 0.25) is 0 Å². The summed E-state index contributed by atoms with van der Waals surface area (Å²) >= 11 is 5.72. The molecule has 0 radical (unpaired) electrons. The van der Waals surface area contributed by atoms with Crippen molar-refractivity contribution < 1.29 is 9.32 Å². The van der Waals surface area contributed by atoms with Crippen LogP contribution in [-0.4, -0.2) is 19.5 Å². The normalized spacial score (nSPS) is 11.0. The molecule has 3 nitrogen and oxygen atoms in total. The summed E-state index contributed by atoms with van der Waals surface area (Å²) in [6.07, 6.45) is 0.810. The van der Waals surface area contributed by atoms with Crippen molar-refractivity contribution >= 4 is 26.2 Å². The van der Waals surface area contributed by atoms with Gasteiger partial charge in [-0.25, -0.2) is 0 Å². The Labute approximate surface area is 103 Å². The van der Waals surface area contributed by atoms with Crippen molar-refractivity contribution in [3.05, 3.63) is 29.3 Å². The van der Waals surface area contributed by atoms with Gasteiger partial charge in [0.1, 0.15) is 12.0 Å². The Morgan fingerprint density at radius 2 is 1.94 bits per heavy atom. The smallest absolute Gasteiger partial charge is 0.158 e. The summed E-state index contributed by atoms with van der Waals surface area (Å²) in [6.45, 7) is 6.21. The number of carbonyl (C=O) groups is 1. The van der Waals surface area contributed by atoms with Gasteiger partial charge in [-0.15, -0.1) is 0 Å². The van der Waals surface area contributed by atoms with Crippen LogP contribution in [0.15, 0.2) is 24.3 Å². The van der Waals surface area contributed by atoms with Crippen LogP contribution in [-0.2, 0) is 4.79 Å². The maximum atomic E-state index is 10.1. The van der Waals surface area contributed by atoms with Crippen LogP contribution in [0.5, 0.6) is 5.75 Å². The van der Waals surface area contributed by atoms with Crippen molar-refractivity contribution in [2.45, 2.75) is 13.8 Å². The third kappa shape index (κ3) is 6.78. The van der Waals surface area contributed by atoms with Crippen molar-refractivity contribution in [1.82, 2.24) is 5.09 Å². The quantitative estimate of drug-likeness (QED) is 0.651. The molecule has 0 aliphatic heterocycles. The third-order valence-electron chi connectivity index (χ3n) is 1.45. The van der Waals surface area contributed by atoms with Gasteiger partial charge in [-0.3, -0.25) is 5.09 Å². The summed E-state index contributed by atoms with van der Waals surface area (Å²) in [5.74, 6) is 0.751. The van der Waals surface area contributed by atoms with E-state index < -0.39 is 8.30 Å². The lowest BCUT2D eigenvalue weighted by Crippen LogP contribution is -2.11. The Hall–Kier alpha value is -0.630. The van der Waals surface area contributed by atoms with Crippen molar-refractivity contribution in [3.63, 3.8) is 0 Å². The van der Waals surface area contributed by atoms with E-state index in [9.17, 15) is 4.79 Å². The van der Waals surface area contributed by atoms with Gasteiger partial charge in [0.25, 0.3) is 0 Å². The molecule has 0 aromatic heterocycles. The molecule has 5 heteroatoms. The molecule has 0 amide bonds. The largest absolute Gasteiger partial charge is 0.459 e. The molecule has 0 bridgehead atoms. The zero-order valence-corrected chi connectivity index (χ0v) is 11.4. The maximum absolute atomic E-state index is 10.1. The van der Waals surface area contributed by atoms with Gasteiger partial charge in [-0.2, -0.15) is 0 Å². The summed E-state index contributed by atoms with van der Waals surface area (Å²) in [7, 11) is -0.797. The van der Waals surface area contributed by atoms with E-state index in [1.165, 1.54) is 0 Å². The van der Waals surface area contributed by atoms with Crippen LogP contribution in [0, 0.1) is 0 Å². The summed E-state index contributed by atoms with van der Waals surface area (Å²) in [4.78, 5) is 10.1. The molecule has 0 saturated carbocycles. The number of carbonyl (C=O) groups excluding carboxylic acids is 1.